The smallest absolute Gasteiger partial charge is 0.236 e. The van der Waals surface area contributed by atoms with E-state index in [-0.39, 0.29) is 16.5 Å². The second-order valence-corrected chi connectivity index (χ2v) is 10.0. The summed E-state index contributed by atoms with van der Waals surface area (Å²) in [6.07, 6.45) is 1.39. The van der Waals surface area contributed by atoms with Gasteiger partial charge in [0.25, 0.3) is 0 Å². The van der Waals surface area contributed by atoms with Gasteiger partial charge in [-0.3, -0.25) is 0 Å². The molecule has 1 aliphatic heterocycles. The van der Waals surface area contributed by atoms with Crippen molar-refractivity contribution in [2.75, 3.05) is 38.2 Å². The summed E-state index contributed by atoms with van der Waals surface area (Å²) in [4.78, 5) is 2.38. The number of hydrogen-bond donors (Lipinski definition) is 2. The predicted molar refractivity (Wildman–Crippen MR) is 133 cm³/mol. The summed E-state index contributed by atoms with van der Waals surface area (Å²) in [5.41, 5.74) is 1.87. The molecule has 1 heterocycles. The lowest BCUT2D eigenvalue weighted by Gasteiger charge is -2.29. The maximum absolute atomic E-state index is 12.7. The molecule has 9 heteroatoms. The fraction of sp³-hybridized carbons (Fsp3) is 0.333. The molecule has 0 bridgehead atoms. The third-order valence-corrected chi connectivity index (χ3v) is 7.13. The van der Waals surface area contributed by atoms with Crippen molar-refractivity contribution in [3.8, 4) is 11.5 Å². The lowest BCUT2D eigenvalue weighted by molar-refractivity contribution is 0.414. The highest BCUT2D eigenvalue weighted by molar-refractivity contribution is 7.93. The van der Waals surface area contributed by atoms with E-state index in [1.54, 1.807) is 26.2 Å². The molecule has 0 aromatic heterocycles. The van der Waals surface area contributed by atoms with Gasteiger partial charge in [0.05, 0.1) is 17.0 Å². The number of halogens is 1. The number of piperazine rings is 1. The van der Waals surface area contributed by atoms with Gasteiger partial charge in [-0.15, -0.1) is 0 Å². The van der Waals surface area contributed by atoms with Crippen molar-refractivity contribution in [1.29, 1.82) is 0 Å². The summed E-state index contributed by atoms with van der Waals surface area (Å²) in [7, 11) is -2.15. The molecule has 3 rings (SSSR count). The number of anilines is 1. The average Bonchev–Trinajstić information content (AvgIpc) is 2.83. The van der Waals surface area contributed by atoms with Crippen LogP contribution in [0.5, 0.6) is 11.5 Å². The Balaban J connectivity index is 1.67. The number of benzene rings is 2. The first kappa shape index (κ1) is 25.1. The van der Waals surface area contributed by atoms with E-state index in [1.165, 1.54) is 13.0 Å². The Kier molecular flexibility index (Phi) is 8.80. The summed E-state index contributed by atoms with van der Waals surface area (Å²) in [6, 6.07) is 15.0. The molecule has 0 atom stereocenters. The van der Waals surface area contributed by atoms with Crippen LogP contribution in [0.2, 0.25) is 0 Å². The summed E-state index contributed by atoms with van der Waals surface area (Å²) in [5.74, 6) is 1.72. The molecule has 0 radical (unpaired) electrons. The van der Waals surface area contributed by atoms with Crippen LogP contribution in [-0.4, -0.2) is 41.7 Å². The predicted octanol–water partition coefficient (Wildman–Crippen LogP) is 3.98. The number of sulfonamides is 1. The Labute approximate surface area is 201 Å². The van der Waals surface area contributed by atoms with E-state index in [2.05, 4.69) is 14.9 Å². The zero-order valence-corrected chi connectivity index (χ0v) is 20.7. The molecular formula is C24H30ClN3O4S. The Morgan fingerprint density at radius 1 is 1.12 bits per heavy atom. The molecule has 0 saturated carbocycles. The fourth-order valence-electron chi connectivity index (χ4n) is 3.32. The van der Waals surface area contributed by atoms with E-state index in [1.807, 2.05) is 36.4 Å². The van der Waals surface area contributed by atoms with E-state index in [4.69, 9.17) is 21.1 Å². The lowest BCUT2D eigenvalue weighted by Crippen LogP contribution is -2.43. The molecule has 0 spiro atoms. The summed E-state index contributed by atoms with van der Waals surface area (Å²) in [6.45, 7) is 7.10. The molecule has 2 N–H and O–H groups in total. The maximum Gasteiger partial charge on any atom is 0.236 e. The summed E-state index contributed by atoms with van der Waals surface area (Å²) < 4.78 is 39.0. The number of nitrogens with zero attached hydrogens (tertiary/aromatic N) is 1. The summed E-state index contributed by atoms with van der Waals surface area (Å²) in [5, 5.41) is 3.55. The first-order chi connectivity index (χ1) is 15.8. The molecular weight excluding hydrogens is 462 g/mol. The monoisotopic (exact) mass is 491 g/mol. The van der Waals surface area contributed by atoms with Crippen LogP contribution in [-0.2, 0) is 16.6 Å². The Bertz CT molecular complexity index is 1130. The number of allylic oxidation sites excluding steroid dienone is 4. The van der Waals surface area contributed by atoms with Crippen LogP contribution >= 0.6 is 11.6 Å². The zero-order valence-electron chi connectivity index (χ0n) is 19.1. The molecule has 0 amide bonds. The molecule has 7 nitrogen and oxygen atoms in total. The minimum Gasteiger partial charge on any atom is -0.497 e. The highest BCUT2D eigenvalue weighted by Gasteiger charge is 2.15. The van der Waals surface area contributed by atoms with Crippen molar-refractivity contribution in [3.05, 3.63) is 75.9 Å². The second-order valence-electron chi connectivity index (χ2n) is 7.67. The molecule has 0 unspecified atom stereocenters. The fourth-order valence-corrected chi connectivity index (χ4v) is 4.45. The number of nitrogens with one attached hydrogen (secondary N) is 2. The van der Waals surface area contributed by atoms with Crippen LogP contribution in [0, 0.1) is 0 Å². The largest absolute Gasteiger partial charge is 0.497 e. The number of ether oxygens (including phenoxy) is 2. The minimum absolute atomic E-state index is 0.0907. The van der Waals surface area contributed by atoms with Gasteiger partial charge < -0.3 is 19.7 Å². The van der Waals surface area contributed by atoms with Gasteiger partial charge >= 0.3 is 0 Å². The second kappa shape index (κ2) is 11.6. The highest BCUT2D eigenvalue weighted by Crippen LogP contribution is 2.25. The van der Waals surface area contributed by atoms with Crippen LogP contribution in [0.3, 0.4) is 0 Å². The van der Waals surface area contributed by atoms with E-state index in [9.17, 15) is 8.42 Å². The van der Waals surface area contributed by atoms with Gasteiger partial charge in [-0.05, 0) is 49.8 Å². The van der Waals surface area contributed by atoms with Gasteiger partial charge in [-0.1, -0.05) is 29.8 Å². The van der Waals surface area contributed by atoms with Crippen LogP contribution in [0.4, 0.5) is 5.69 Å². The van der Waals surface area contributed by atoms with Crippen molar-refractivity contribution >= 4 is 27.3 Å². The quantitative estimate of drug-likeness (QED) is 0.408. The first-order valence-electron chi connectivity index (χ1n) is 10.7. The van der Waals surface area contributed by atoms with Crippen molar-refractivity contribution in [3.63, 3.8) is 0 Å². The molecule has 0 aliphatic carbocycles. The Morgan fingerprint density at radius 2 is 1.82 bits per heavy atom. The highest BCUT2D eigenvalue weighted by atomic mass is 35.5. The average molecular weight is 492 g/mol. The van der Waals surface area contributed by atoms with Crippen LogP contribution in [0.1, 0.15) is 19.4 Å². The molecule has 33 heavy (non-hydrogen) atoms. The van der Waals surface area contributed by atoms with Crippen molar-refractivity contribution in [1.82, 2.24) is 10.0 Å². The topological polar surface area (TPSA) is 79.9 Å². The number of methoxy groups -OCH3 is 1. The van der Waals surface area contributed by atoms with E-state index in [0.717, 1.165) is 37.4 Å². The molecule has 1 aliphatic rings. The van der Waals surface area contributed by atoms with Crippen molar-refractivity contribution < 1.29 is 17.9 Å². The Hall–Kier alpha value is -2.52. The van der Waals surface area contributed by atoms with Crippen LogP contribution in [0.25, 0.3) is 0 Å². The maximum atomic E-state index is 12.7. The molecule has 178 valence electrons. The first-order valence-corrected chi connectivity index (χ1v) is 12.6. The molecule has 2 aromatic carbocycles. The van der Waals surface area contributed by atoms with Crippen molar-refractivity contribution in [2.24, 2.45) is 0 Å². The minimum atomic E-state index is -3.72. The van der Waals surface area contributed by atoms with Gasteiger partial charge in [0.1, 0.15) is 17.3 Å². The zero-order chi connectivity index (χ0) is 23.8. The van der Waals surface area contributed by atoms with E-state index < -0.39 is 10.0 Å². The van der Waals surface area contributed by atoms with Gasteiger partial charge in [0.2, 0.25) is 10.0 Å². The van der Waals surface area contributed by atoms with E-state index >= 15 is 0 Å². The normalized spacial score (nSPS) is 15.8. The van der Waals surface area contributed by atoms with Gasteiger partial charge in [0, 0.05) is 44.5 Å². The molecule has 2 aromatic rings. The van der Waals surface area contributed by atoms with Crippen molar-refractivity contribution in [2.45, 2.75) is 20.4 Å². The van der Waals surface area contributed by atoms with E-state index in [0.29, 0.717) is 17.3 Å². The van der Waals surface area contributed by atoms with Gasteiger partial charge in [-0.25, -0.2) is 13.1 Å². The summed E-state index contributed by atoms with van der Waals surface area (Å²) >= 11 is 6.38. The Morgan fingerprint density at radius 3 is 2.55 bits per heavy atom. The third-order valence-electron chi connectivity index (χ3n) is 5.26. The van der Waals surface area contributed by atoms with Crippen LogP contribution in [0.15, 0.2) is 70.3 Å². The van der Waals surface area contributed by atoms with Gasteiger partial charge in [0.15, 0.2) is 0 Å². The molecule has 1 fully saturated rings. The third kappa shape index (κ3) is 7.23. The molecule has 1 saturated heterocycles. The lowest BCUT2D eigenvalue weighted by atomic mass is 10.2. The van der Waals surface area contributed by atoms with Gasteiger partial charge in [-0.2, -0.15) is 0 Å². The number of rotatable bonds is 9. The number of hydrogen-bond acceptors (Lipinski definition) is 6. The van der Waals surface area contributed by atoms with Crippen LogP contribution < -0.4 is 24.4 Å². The SMILES string of the molecule is COc1cccc(CNS(=O)(=O)/C(C)=C/C(Cl)=C(\C)Oc2cccc(N3CCNCC3)c2)c1. The standard InChI is InChI=1S/C24H30ClN3O4S/c1-18(33(29,30)27-17-20-6-4-8-22(15-20)31-3)14-24(25)19(2)32-23-9-5-7-21(16-23)28-12-10-26-11-13-28/h4-9,14-16,26-27H,10-13,17H2,1-3H3/b18-14+,24-19-.